The molecule has 3 rings (SSSR count). The highest BCUT2D eigenvalue weighted by Gasteiger charge is 2.40. The predicted molar refractivity (Wildman–Crippen MR) is 78.7 cm³/mol. The summed E-state index contributed by atoms with van der Waals surface area (Å²) < 4.78 is 5.94. The van der Waals surface area contributed by atoms with E-state index in [9.17, 15) is 0 Å². The summed E-state index contributed by atoms with van der Waals surface area (Å²) >= 11 is 0. The summed E-state index contributed by atoms with van der Waals surface area (Å²) in [5.41, 5.74) is 1.90. The molecule has 1 aromatic carbocycles. The molecule has 106 valence electrons. The number of nitrogens with zero attached hydrogens (tertiary/aromatic N) is 3. The van der Waals surface area contributed by atoms with Gasteiger partial charge >= 0.3 is 0 Å². The van der Waals surface area contributed by atoms with Crippen LogP contribution in [0.4, 0.5) is 5.69 Å². The number of nitriles is 1. The van der Waals surface area contributed by atoms with Crippen molar-refractivity contribution in [2.75, 3.05) is 31.1 Å². The Balaban J connectivity index is 1.76. The van der Waals surface area contributed by atoms with Gasteiger partial charge in [0.1, 0.15) is 0 Å². The smallest absolute Gasteiger partial charge is 0.0991 e. The van der Waals surface area contributed by atoms with Crippen molar-refractivity contribution in [2.24, 2.45) is 0 Å². The third-order valence-corrected chi connectivity index (χ3v) is 4.37. The van der Waals surface area contributed by atoms with E-state index < -0.39 is 0 Å². The van der Waals surface area contributed by atoms with E-state index in [1.165, 1.54) is 5.69 Å². The molecule has 2 aliphatic rings. The lowest BCUT2D eigenvalue weighted by atomic mass is 10.1. The number of anilines is 1. The number of rotatable bonds is 2. The second-order valence-corrected chi connectivity index (χ2v) is 5.87. The van der Waals surface area contributed by atoms with Crippen LogP contribution < -0.4 is 4.90 Å². The second kappa shape index (κ2) is 5.43. The van der Waals surface area contributed by atoms with E-state index in [-0.39, 0.29) is 0 Å². The Labute approximate surface area is 120 Å². The Kier molecular flexibility index (Phi) is 3.64. The van der Waals surface area contributed by atoms with Gasteiger partial charge in [-0.15, -0.1) is 0 Å². The maximum atomic E-state index is 8.87. The summed E-state index contributed by atoms with van der Waals surface area (Å²) in [7, 11) is 0. The molecule has 2 aliphatic heterocycles. The van der Waals surface area contributed by atoms with Gasteiger partial charge in [0, 0.05) is 31.4 Å². The van der Waals surface area contributed by atoms with Crippen molar-refractivity contribution in [3.8, 4) is 6.07 Å². The van der Waals surface area contributed by atoms with Gasteiger partial charge in [-0.25, -0.2) is 0 Å². The largest absolute Gasteiger partial charge is 0.373 e. The van der Waals surface area contributed by atoms with Crippen molar-refractivity contribution in [2.45, 2.75) is 32.0 Å². The van der Waals surface area contributed by atoms with Gasteiger partial charge in [0.15, 0.2) is 0 Å². The molecular weight excluding hydrogens is 250 g/mol. The summed E-state index contributed by atoms with van der Waals surface area (Å²) in [6.07, 6.45) is 0.307. The van der Waals surface area contributed by atoms with Crippen molar-refractivity contribution < 1.29 is 4.74 Å². The molecule has 0 spiro atoms. The molecule has 2 saturated heterocycles. The topological polar surface area (TPSA) is 39.5 Å². The van der Waals surface area contributed by atoms with E-state index in [0.29, 0.717) is 23.8 Å². The summed E-state index contributed by atoms with van der Waals surface area (Å²) in [6, 6.07) is 11.1. The van der Waals surface area contributed by atoms with Crippen molar-refractivity contribution in [3.63, 3.8) is 0 Å². The van der Waals surface area contributed by atoms with Crippen LogP contribution in [0.25, 0.3) is 0 Å². The summed E-state index contributed by atoms with van der Waals surface area (Å²) in [5.74, 6) is 0. The van der Waals surface area contributed by atoms with E-state index >= 15 is 0 Å². The molecule has 0 N–H and O–H groups in total. The van der Waals surface area contributed by atoms with Crippen molar-refractivity contribution in [1.82, 2.24) is 4.90 Å². The Morgan fingerprint density at radius 3 is 2.65 bits per heavy atom. The normalized spacial score (nSPS) is 26.6. The molecule has 1 aromatic rings. The Bertz CT molecular complexity index is 505. The van der Waals surface area contributed by atoms with Crippen LogP contribution in [0.2, 0.25) is 0 Å². The number of hydrogen-bond donors (Lipinski definition) is 0. The number of hydrogen-bond acceptors (Lipinski definition) is 4. The maximum Gasteiger partial charge on any atom is 0.0991 e. The monoisotopic (exact) mass is 271 g/mol. The molecule has 2 heterocycles. The summed E-state index contributed by atoms with van der Waals surface area (Å²) in [5, 5.41) is 8.87. The number of fused-ring (bicyclic) bond motifs is 1. The standard InChI is InChI=1S/C16H21N3O/c1-12(2)19-7-8-20-16-11-18(10-15(16)19)14-5-3-13(9-17)4-6-14/h3-6,12,15-16H,7-8,10-11H2,1-2H3/t15-,16+/m0/s1. The molecular formula is C16H21N3O. The third-order valence-electron chi connectivity index (χ3n) is 4.37. The first kappa shape index (κ1) is 13.4. The minimum atomic E-state index is 0.307. The van der Waals surface area contributed by atoms with E-state index in [1.54, 1.807) is 0 Å². The molecule has 0 saturated carbocycles. The molecule has 2 atom stereocenters. The highest BCUT2D eigenvalue weighted by Crippen LogP contribution is 2.28. The lowest BCUT2D eigenvalue weighted by molar-refractivity contribution is -0.0580. The molecule has 4 heteroatoms. The molecule has 0 radical (unpaired) electrons. The number of morpholine rings is 1. The molecule has 0 bridgehead atoms. The zero-order chi connectivity index (χ0) is 14.1. The minimum absolute atomic E-state index is 0.307. The molecule has 0 unspecified atom stereocenters. The molecule has 0 aromatic heterocycles. The van der Waals surface area contributed by atoms with Crippen molar-refractivity contribution in [3.05, 3.63) is 29.8 Å². The molecule has 0 aliphatic carbocycles. The fourth-order valence-electron chi connectivity index (χ4n) is 3.31. The Hall–Kier alpha value is -1.57. The van der Waals surface area contributed by atoms with Gasteiger partial charge in [-0.05, 0) is 38.1 Å². The average molecular weight is 271 g/mol. The first-order valence-electron chi connectivity index (χ1n) is 7.31. The van der Waals surface area contributed by atoms with E-state index in [2.05, 4.69) is 29.7 Å². The molecule has 0 amide bonds. The van der Waals surface area contributed by atoms with Gasteiger partial charge in [-0.1, -0.05) is 0 Å². The lowest BCUT2D eigenvalue weighted by Crippen LogP contribution is -2.53. The number of benzene rings is 1. The predicted octanol–water partition coefficient (Wildman–Crippen LogP) is 1.86. The fraction of sp³-hybridized carbons (Fsp3) is 0.562. The van der Waals surface area contributed by atoms with Crippen LogP contribution in [0.1, 0.15) is 19.4 Å². The van der Waals surface area contributed by atoms with Gasteiger partial charge in [0.05, 0.1) is 30.4 Å². The Morgan fingerprint density at radius 1 is 1.25 bits per heavy atom. The van der Waals surface area contributed by atoms with Gasteiger partial charge in [-0.2, -0.15) is 5.26 Å². The maximum absolute atomic E-state index is 8.87. The third kappa shape index (κ3) is 2.39. The van der Waals surface area contributed by atoms with Crippen LogP contribution >= 0.6 is 0 Å². The molecule has 20 heavy (non-hydrogen) atoms. The van der Waals surface area contributed by atoms with Gasteiger partial charge in [0.25, 0.3) is 0 Å². The van der Waals surface area contributed by atoms with Crippen LogP contribution in [0.5, 0.6) is 0 Å². The van der Waals surface area contributed by atoms with Crippen LogP contribution in [0.15, 0.2) is 24.3 Å². The van der Waals surface area contributed by atoms with Crippen LogP contribution in [-0.4, -0.2) is 49.3 Å². The van der Waals surface area contributed by atoms with Crippen LogP contribution in [-0.2, 0) is 4.74 Å². The van der Waals surface area contributed by atoms with Gasteiger partial charge in [0.2, 0.25) is 0 Å². The van der Waals surface area contributed by atoms with E-state index in [4.69, 9.17) is 10.00 Å². The van der Waals surface area contributed by atoms with E-state index in [1.807, 2.05) is 24.3 Å². The Morgan fingerprint density at radius 2 is 2.00 bits per heavy atom. The minimum Gasteiger partial charge on any atom is -0.373 e. The summed E-state index contributed by atoms with van der Waals surface area (Å²) in [4.78, 5) is 4.93. The highest BCUT2D eigenvalue weighted by molar-refractivity contribution is 5.51. The number of ether oxygens (including phenoxy) is 1. The van der Waals surface area contributed by atoms with E-state index in [0.717, 1.165) is 26.2 Å². The molecule has 2 fully saturated rings. The van der Waals surface area contributed by atoms with Crippen LogP contribution in [0.3, 0.4) is 0 Å². The average Bonchev–Trinajstić information content (AvgIpc) is 2.90. The van der Waals surface area contributed by atoms with Crippen molar-refractivity contribution in [1.29, 1.82) is 5.26 Å². The first-order valence-corrected chi connectivity index (χ1v) is 7.31. The summed E-state index contributed by atoms with van der Waals surface area (Å²) in [6.45, 7) is 8.33. The SMILES string of the molecule is CC(C)N1CCO[C@@H]2CN(c3ccc(C#N)cc3)C[C@@H]21. The van der Waals surface area contributed by atoms with Crippen molar-refractivity contribution >= 4 is 5.69 Å². The second-order valence-electron chi connectivity index (χ2n) is 5.87. The first-order chi connectivity index (χ1) is 9.69. The van der Waals surface area contributed by atoms with Gasteiger partial charge in [-0.3, -0.25) is 4.90 Å². The van der Waals surface area contributed by atoms with Gasteiger partial charge < -0.3 is 9.64 Å². The lowest BCUT2D eigenvalue weighted by Gasteiger charge is -2.39. The van der Waals surface area contributed by atoms with Crippen LogP contribution in [0, 0.1) is 11.3 Å². The zero-order valence-electron chi connectivity index (χ0n) is 12.1. The fourth-order valence-corrected chi connectivity index (χ4v) is 3.31. The molecule has 4 nitrogen and oxygen atoms in total. The highest BCUT2D eigenvalue weighted by atomic mass is 16.5. The quantitative estimate of drug-likeness (QED) is 0.823. The zero-order valence-corrected chi connectivity index (χ0v) is 12.1.